The molecule has 0 saturated heterocycles. The molecule has 3 aromatic rings. The predicted molar refractivity (Wildman–Crippen MR) is 125 cm³/mol. The lowest BCUT2D eigenvalue weighted by Gasteiger charge is -2.24. The standard InChI is InChI=1S/C22H21BrN2O3S2/c23-18-8-7-9-19(16-18)25(30(27,28)21-12-5-2-6-13-21)17-22(26)24-14-15-29-20-10-3-1-4-11-20/h1-13,16H,14-15,17H2,(H,24,26). The number of benzene rings is 3. The summed E-state index contributed by atoms with van der Waals surface area (Å²) >= 11 is 5.00. The quantitative estimate of drug-likeness (QED) is 0.342. The number of anilines is 1. The Bertz CT molecular complexity index is 1080. The summed E-state index contributed by atoms with van der Waals surface area (Å²) in [4.78, 5) is 13.8. The summed E-state index contributed by atoms with van der Waals surface area (Å²) < 4.78 is 28.3. The fraction of sp³-hybridized carbons (Fsp3) is 0.136. The second-order valence-electron chi connectivity index (χ2n) is 6.32. The van der Waals surface area contributed by atoms with E-state index in [-0.39, 0.29) is 17.3 Å². The van der Waals surface area contributed by atoms with Crippen molar-refractivity contribution in [2.75, 3.05) is 23.1 Å². The molecule has 0 fully saturated rings. The van der Waals surface area contributed by atoms with E-state index in [0.29, 0.717) is 18.0 Å². The molecule has 0 unspecified atom stereocenters. The molecule has 0 aliphatic heterocycles. The Morgan fingerprint density at radius 1 is 0.933 bits per heavy atom. The lowest BCUT2D eigenvalue weighted by Crippen LogP contribution is -2.41. The molecule has 0 aliphatic rings. The SMILES string of the molecule is O=C(CN(c1cccc(Br)c1)S(=O)(=O)c1ccccc1)NCCSc1ccccc1. The summed E-state index contributed by atoms with van der Waals surface area (Å²) in [7, 11) is -3.89. The van der Waals surface area contributed by atoms with Gasteiger partial charge in [0.25, 0.3) is 10.0 Å². The van der Waals surface area contributed by atoms with Crippen molar-refractivity contribution >= 4 is 49.3 Å². The van der Waals surface area contributed by atoms with Crippen LogP contribution in [0.1, 0.15) is 0 Å². The number of nitrogens with zero attached hydrogens (tertiary/aromatic N) is 1. The third-order valence-electron chi connectivity index (χ3n) is 4.15. The number of sulfonamides is 1. The van der Waals surface area contributed by atoms with Crippen LogP contribution in [0.2, 0.25) is 0 Å². The largest absolute Gasteiger partial charge is 0.354 e. The van der Waals surface area contributed by atoms with E-state index < -0.39 is 10.0 Å². The highest BCUT2D eigenvalue weighted by atomic mass is 79.9. The number of carbonyl (C=O) groups excluding carboxylic acids is 1. The molecule has 0 spiro atoms. The summed E-state index contributed by atoms with van der Waals surface area (Å²) in [6, 6.07) is 24.9. The Balaban J connectivity index is 1.70. The van der Waals surface area contributed by atoms with Crippen molar-refractivity contribution in [3.63, 3.8) is 0 Å². The number of amides is 1. The van der Waals surface area contributed by atoms with Crippen molar-refractivity contribution in [1.29, 1.82) is 0 Å². The molecule has 0 aromatic heterocycles. The number of rotatable bonds is 9. The van der Waals surface area contributed by atoms with Gasteiger partial charge in [-0.3, -0.25) is 9.10 Å². The number of thioether (sulfide) groups is 1. The van der Waals surface area contributed by atoms with Gasteiger partial charge in [0.1, 0.15) is 6.54 Å². The molecule has 30 heavy (non-hydrogen) atoms. The lowest BCUT2D eigenvalue weighted by atomic mass is 10.3. The fourth-order valence-electron chi connectivity index (χ4n) is 2.73. The zero-order valence-corrected chi connectivity index (χ0v) is 19.3. The van der Waals surface area contributed by atoms with Gasteiger partial charge in [-0.15, -0.1) is 11.8 Å². The number of hydrogen-bond donors (Lipinski definition) is 1. The first kappa shape index (κ1) is 22.4. The highest BCUT2D eigenvalue weighted by molar-refractivity contribution is 9.10. The zero-order chi connectivity index (χ0) is 21.4. The minimum absolute atomic E-state index is 0.136. The van der Waals surface area contributed by atoms with E-state index >= 15 is 0 Å². The Kier molecular flexibility index (Phi) is 7.95. The number of hydrogen-bond acceptors (Lipinski definition) is 4. The van der Waals surface area contributed by atoms with Crippen LogP contribution in [-0.2, 0) is 14.8 Å². The molecule has 5 nitrogen and oxygen atoms in total. The van der Waals surface area contributed by atoms with E-state index in [4.69, 9.17) is 0 Å². The maximum Gasteiger partial charge on any atom is 0.264 e. The van der Waals surface area contributed by atoms with Crippen molar-refractivity contribution in [2.45, 2.75) is 9.79 Å². The molecular formula is C22H21BrN2O3S2. The summed E-state index contributed by atoms with van der Waals surface area (Å²) in [5.41, 5.74) is 0.419. The van der Waals surface area contributed by atoms with Crippen LogP contribution in [-0.4, -0.2) is 33.2 Å². The van der Waals surface area contributed by atoms with E-state index in [1.54, 1.807) is 54.2 Å². The van der Waals surface area contributed by atoms with Gasteiger partial charge in [-0.25, -0.2) is 8.42 Å². The Labute approximate surface area is 189 Å². The molecule has 3 aromatic carbocycles. The van der Waals surface area contributed by atoms with Crippen LogP contribution in [0.5, 0.6) is 0 Å². The Hall–Kier alpha value is -2.29. The first-order chi connectivity index (χ1) is 14.5. The van der Waals surface area contributed by atoms with Gasteiger partial charge in [-0.05, 0) is 42.5 Å². The fourth-order valence-corrected chi connectivity index (χ4v) is 5.34. The van der Waals surface area contributed by atoms with Crippen molar-refractivity contribution in [3.05, 3.63) is 89.4 Å². The van der Waals surface area contributed by atoms with Crippen molar-refractivity contribution in [3.8, 4) is 0 Å². The second-order valence-corrected chi connectivity index (χ2v) is 10.3. The smallest absolute Gasteiger partial charge is 0.264 e. The molecule has 0 bridgehead atoms. The highest BCUT2D eigenvalue weighted by Crippen LogP contribution is 2.26. The third kappa shape index (κ3) is 6.10. The Morgan fingerprint density at radius 3 is 2.27 bits per heavy atom. The zero-order valence-electron chi connectivity index (χ0n) is 16.1. The van der Waals surface area contributed by atoms with Crippen LogP contribution in [0, 0.1) is 0 Å². The first-order valence-electron chi connectivity index (χ1n) is 9.25. The van der Waals surface area contributed by atoms with Crippen LogP contribution in [0.15, 0.2) is 99.2 Å². The minimum atomic E-state index is -3.89. The van der Waals surface area contributed by atoms with Gasteiger partial charge < -0.3 is 5.32 Å². The number of nitrogens with one attached hydrogen (secondary N) is 1. The molecule has 1 N–H and O–H groups in total. The molecule has 3 rings (SSSR count). The van der Waals surface area contributed by atoms with Crippen LogP contribution < -0.4 is 9.62 Å². The Morgan fingerprint density at radius 2 is 1.60 bits per heavy atom. The summed E-state index contributed by atoms with van der Waals surface area (Å²) in [5, 5.41) is 2.81. The molecule has 1 amide bonds. The van der Waals surface area contributed by atoms with Crippen molar-refractivity contribution in [2.24, 2.45) is 0 Å². The summed E-state index contributed by atoms with van der Waals surface area (Å²) in [6.45, 7) is 0.139. The molecule has 0 aliphatic carbocycles. The second kappa shape index (κ2) is 10.7. The maximum absolute atomic E-state index is 13.2. The molecule has 8 heteroatoms. The number of carbonyl (C=O) groups is 1. The van der Waals surface area contributed by atoms with E-state index in [2.05, 4.69) is 21.2 Å². The van der Waals surface area contributed by atoms with Gasteiger partial charge in [-0.2, -0.15) is 0 Å². The molecule has 0 heterocycles. The van der Waals surface area contributed by atoms with E-state index in [9.17, 15) is 13.2 Å². The predicted octanol–water partition coefficient (Wildman–Crippen LogP) is 4.55. The van der Waals surface area contributed by atoms with Crippen molar-refractivity contribution < 1.29 is 13.2 Å². The van der Waals surface area contributed by atoms with Gasteiger partial charge in [0.2, 0.25) is 5.91 Å². The molecular weight excluding hydrogens is 484 g/mol. The van der Waals surface area contributed by atoms with Crippen molar-refractivity contribution in [1.82, 2.24) is 5.32 Å². The molecule has 156 valence electrons. The average Bonchev–Trinajstić information content (AvgIpc) is 2.76. The van der Waals surface area contributed by atoms with Crippen LogP contribution in [0.4, 0.5) is 5.69 Å². The van der Waals surface area contributed by atoms with E-state index in [1.807, 2.05) is 30.3 Å². The monoisotopic (exact) mass is 504 g/mol. The molecule has 0 radical (unpaired) electrons. The highest BCUT2D eigenvalue weighted by Gasteiger charge is 2.27. The normalized spacial score (nSPS) is 11.1. The van der Waals surface area contributed by atoms with Gasteiger partial charge >= 0.3 is 0 Å². The third-order valence-corrected chi connectivity index (χ3v) is 7.45. The minimum Gasteiger partial charge on any atom is -0.354 e. The molecule has 0 atom stereocenters. The van der Waals surface area contributed by atoms with E-state index in [1.165, 1.54) is 12.1 Å². The van der Waals surface area contributed by atoms with E-state index in [0.717, 1.165) is 13.7 Å². The maximum atomic E-state index is 13.2. The van der Waals surface area contributed by atoms with Gasteiger partial charge in [0, 0.05) is 21.7 Å². The lowest BCUT2D eigenvalue weighted by molar-refractivity contribution is -0.119. The van der Waals surface area contributed by atoms with Gasteiger partial charge in [0.05, 0.1) is 10.6 Å². The molecule has 0 saturated carbocycles. The van der Waals surface area contributed by atoms with Crippen LogP contribution in [0.3, 0.4) is 0 Å². The topological polar surface area (TPSA) is 66.5 Å². The summed E-state index contributed by atoms with van der Waals surface area (Å²) in [5.74, 6) is 0.334. The van der Waals surface area contributed by atoms with Crippen LogP contribution in [0.25, 0.3) is 0 Å². The van der Waals surface area contributed by atoms with Gasteiger partial charge in [-0.1, -0.05) is 58.4 Å². The van der Waals surface area contributed by atoms with Gasteiger partial charge in [0.15, 0.2) is 0 Å². The average molecular weight is 505 g/mol. The number of halogens is 1. The first-order valence-corrected chi connectivity index (χ1v) is 12.5. The van der Waals surface area contributed by atoms with Crippen LogP contribution >= 0.6 is 27.7 Å². The summed E-state index contributed by atoms with van der Waals surface area (Å²) in [6.07, 6.45) is 0.